The molecule has 3 heterocycles. The Bertz CT molecular complexity index is 979. The predicted octanol–water partition coefficient (Wildman–Crippen LogP) is 3.43. The van der Waals surface area contributed by atoms with E-state index < -0.39 is 0 Å². The van der Waals surface area contributed by atoms with Crippen LogP contribution in [-0.2, 0) is 6.61 Å². The van der Waals surface area contributed by atoms with Crippen LogP contribution in [-0.4, -0.2) is 52.5 Å². The maximum atomic E-state index is 12.9. The van der Waals surface area contributed by atoms with Crippen molar-refractivity contribution in [1.29, 1.82) is 0 Å². The molecule has 1 amide bonds. The third-order valence-electron chi connectivity index (χ3n) is 4.96. The molecule has 0 unspecified atom stereocenters. The smallest absolute Gasteiger partial charge is 0.276 e. The fraction of sp³-hybridized carbons (Fsp3) is 0.286. The topological polar surface area (TPSA) is 71.7 Å². The number of hydrogen-bond acceptors (Lipinski definition) is 6. The summed E-state index contributed by atoms with van der Waals surface area (Å²) < 4.78 is 10.9. The molecule has 1 aliphatic rings. The second kappa shape index (κ2) is 8.63. The Hall–Kier alpha value is -2.90. The summed E-state index contributed by atoms with van der Waals surface area (Å²) in [6, 6.07) is 13.6. The van der Waals surface area contributed by atoms with Gasteiger partial charge in [-0.1, -0.05) is 47.1 Å². The van der Waals surface area contributed by atoms with Crippen molar-refractivity contribution < 1.29 is 14.1 Å². The van der Waals surface area contributed by atoms with Crippen LogP contribution in [0.3, 0.4) is 0 Å². The molecule has 7 nitrogen and oxygen atoms in total. The van der Waals surface area contributed by atoms with Crippen LogP contribution in [0.15, 0.2) is 59.4 Å². The minimum Gasteiger partial charge on any atom is -0.484 e. The van der Waals surface area contributed by atoms with E-state index in [0.717, 1.165) is 6.54 Å². The normalized spacial score (nSPS) is 17.3. The Kier molecular flexibility index (Phi) is 5.78. The Morgan fingerprint density at radius 1 is 1.24 bits per heavy atom. The summed E-state index contributed by atoms with van der Waals surface area (Å²) in [5, 5.41) is 4.42. The highest BCUT2D eigenvalue weighted by atomic mass is 35.5. The molecule has 0 saturated carbocycles. The molecule has 1 aliphatic heterocycles. The number of benzene rings is 1. The number of pyridine rings is 1. The molecule has 2 aromatic heterocycles. The van der Waals surface area contributed by atoms with Crippen molar-refractivity contribution in [3.63, 3.8) is 0 Å². The zero-order chi connectivity index (χ0) is 20.2. The van der Waals surface area contributed by atoms with Crippen LogP contribution in [0.1, 0.15) is 27.9 Å². The van der Waals surface area contributed by atoms with E-state index in [1.54, 1.807) is 18.3 Å². The van der Waals surface area contributed by atoms with Crippen LogP contribution in [0.5, 0.6) is 5.75 Å². The summed E-state index contributed by atoms with van der Waals surface area (Å²) in [7, 11) is 2.08. The lowest BCUT2D eigenvalue weighted by Gasteiger charge is -2.39. The maximum Gasteiger partial charge on any atom is 0.276 e. The van der Waals surface area contributed by atoms with Crippen LogP contribution in [0.4, 0.5) is 0 Å². The van der Waals surface area contributed by atoms with Crippen LogP contribution < -0.4 is 4.74 Å². The van der Waals surface area contributed by atoms with Crippen molar-refractivity contribution in [3.8, 4) is 5.75 Å². The van der Waals surface area contributed by atoms with E-state index in [1.807, 2.05) is 23.1 Å². The van der Waals surface area contributed by atoms with E-state index in [2.05, 4.69) is 34.2 Å². The standard InChI is InChI=1S/C21H21ClN4O3/c1-25-7-8-26(13-20(25)15-5-3-2-4-6-15)21(27)19-10-18(29-24-19)14-28-17-9-16(22)11-23-12-17/h2-6,9-12,20H,7-8,13-14H2,1H3/t20-/m0/s1. The highest BCUT2D eigenvalue weighted by molar-refractivity contribution is 6.30. The van der Waals surface area contributed by atoms with Gasteiger partial charge in [-0.3, -0.25) is 14.7 Å². The second-order valence-corrected chi connectivity index (χ2v) is 7.40. The lowest BCUT2D eigenvalue weighted by atomic mass is 10.0. The van der Waals surface area contributed by atoms with Gasteiger partial charge in [0.25, 0.3) is 5.91 Å². The van der Waals surface area contributed by atoms with Crippen molar-refractivity contribution in [2.24, 2.45) is 0 Å². The van der Waals surface area contributed by atoms with Gasteiger partial charge in [-0.15, -0.1) is 0 Å². The van der Waals surface area contributed by atoms with E-state index in [0.29, 0.717) is 29.6 Å². The lowest BCUT2D eigenvalue weighted by molar-refractivity contribution is 0.0536. The molecular weight excluding hydrogens is 392 g/mol. The first kappa shape index (κ1) is 19.4. The average molecular weight is 413 g/mol. The third-order valence-corrected chi connectivity index (χ3v) is 5.17. The molecule has 1 fully saturated rings. The number of hydrogen-bond donors (Lipinski definition) is 0. The Balaban J connectivity index is 1.40. The van der Waals surface area contributed by atoms with Gasteiger partial charge in [0.1, 0.15) is 12.4 Å². The number of likely N-dealkylation sites (N-methyl/N-ethyl adjacent to an activating group) is 1. The van der Waals surface area contributed by atoms with Gasteiger partial charge in [-0.2, -0.15) is 0 Å². The predicted molar refractivity (Wildman–Crippen MR) is 108 cm³/mol. The van der Waals surface area contributed by atoms with E-state index in [1.165, 1.54) is 11.8 Å². The van der Waals surface area contributed by atoms with Crippen molar-refractivity contribution in [2.45, 2.75) is 12.6 Å². The van der Waals surface area contributed by atoms with Gasteiger partial charge in [-0.25, -0.2) is 0 Å². The third kappa shape index (κ3) is 4.58. The number of halogens is 1. The van der Waals surface area contributed by atoms with Crippen molar-refractivity contribution in [3.05, 3.63) is 76.9 Å². The molecule has 0 bridgehead atoms. The molecule has 0 spiro atoms. The summed E-state index contributed by atoms with van der Waals surface area (Å²) in [6.07, 6.45) is 3.08. The van der Waals surface area contributed by atoms with Gasteiger partial charge < -0.3 is 14.2 Å². The fourth-order valence-electron chi connectivity index (χ4n) is 3.36. The van der Waals surface area contributed by atoms with Crippen molar-refractivity contribution >= 4 is 17.5 Å². The first-order valence-corrected chi connectivity index (χ1v) is 9.71. The van der Waals surface area contributed by atoms with E-state index in [4.69, 9.17) is 20.9 Å². The van der Waals surface area contributed by atoms with Gasteiger partial charge in [0, 0.05) is 38.0 Å². The van der Waals surface area contributed by atoms with E-state index in [-0.39, 0.29) is 24.2 Å². The molecule has 0 aliphatic carbocycles. The van der Waals surface area contributed by atoms with Gasteiger partial charge in [0.05, 0.1) is 17.3 Å². The largest absolute Gasteiger partial charge is 0.484 e. The van der Waals surface area contributed by atoms with Gasteiger partial charge >= 0.3 is 0 Å². The first-order valence-electron chi connectivity index (χ1n) is 9.33. The summed E-state index contributed by atoms with van der Waals surface area (Å²) >= 11 is 5.89. The molecule has 0 N–H and O–H groups in total. The highest BCUT2D eigenvalue weighted by Crippen LogP contribution is 2.25. The molecule has 3 aromatic rings. The second-order valence-electron chi connectivity index (χ2n) is 6.96. The molecule has 150 valence electrons. The molecule has 29 heavy (non-hydrogen) atoms. The Labute approximate surface area is 173 Å². The zero-order valence-corrected chi connectivity index (χ0v) is 16.7. The van der Waals surface area contributed by atoms with E-state index >= 15 is 0 Å². The van der Waals surface area contributed by atoms with Gasteiger partial charge in [-0.05, 0) is 12.6 Å². The number of carbonyl (C=O) groups excluding carboxylic acids is 1. The highest BCUT2D eigenvalue weighted by Gasteiger charge is 2.30. The number of piperazine rings is 1. The number of rotatable bonds is 5. The minimum atomic E-state index is -0.140. The van der Waals surface area contributed by atoms with Gasteiger partial charge in [0.2, 0.25) is 0 Å². The zero-order valence-electron chi connectivity index (χ0n) is 16.0. The molecule has 8 heteroatoms. The monoisotopic (exact) mass is 412 g/mol. The fourth-order valence-corrected chi connectivity index (χ4v) is 3.53. The van der Waals surface area contributed by atoms with Crippen LogP contribution in [0.2, 0.25) is 5.02 Å². The molecule has 0 radical (unpaired) electrons. The molecule has 4 rings (SSSR count). The summed E-state index contributed by atoms with van der Waals surface area (Å²) in [6.45, 7) is 2.18. The Morgan fingerprint density at radius 3 is 2.86 bits per heavy atom. The number of aromatic nitrogens is 2. The van der Waals surface area contributed by atoms with Crippen molar-refractivity contribution in [1.82, 2.24) is 19.9 Å². The molecule has 1 saturated heterocycles. The van der Waals surface area contributed by atoms with Crippen molar-refractivity contribution in [2.75, 3.05) is 26.7 Å². The summed E-state index contributed by atoms with van der Waals surface area (Å²) in [4.78, 5) is 21.0. The maximum absolute atomic E-state index is 12.9. The summed E-state index contributed by atoms with van der Waals surface area (Å²) in [5.41, 5.74) is 1.47. The number of ether oxygens (including phenoxy) is 1. The average Bonchev–Trinajstić information content (AvgIpc) is 3.22. The number of nitrogens with zero attached hydrogens (tertiary/aromatic N) is 4. The molecule has 1 aromatic carbocycles. The minimum absolute atomic E-state index is 0.137. The van der Waals surface area contributed by atoms with Crippen LogP contribution in [0.25, 0.3) is 0 Å². The number of amides is 1. The first-order chi connectivity index (χ1) is 14.1. The van der Waals surface area contributed by atoms with E-state index in [9.17, 15) is 4.79 Å². The van der Waals surface area contributed by atoms with Gasteiger partial charge in [0.15, 0.2) is 11.5 Å². The molecular formula is C21H21ClN4O3. The van der Waals surface area contributed by atoms with Crippen LogP contribution >= 0.6 is 11.6 Å². The summed E-state index contributed by atoms with van der Waals surface area (Å²) in [5.74, 6) is 0.840. The quantitative estimate of drug-likeness (QED) is 0.639. The van der Waals surface area contributed by atoms with Crippen LogP contribution in [0, 0.1) is 0 Å². The Morgan fingerprint density at radius 2 is 2.07 bits per heavy atom. The SMILES string of the molecule is CN1CCN(C(=O)c2cc(COc3cncc(Cl)c3)on2)C[C@H]1c1ccccc1. The molecule has 1 atom stereocenters. The number of carbonyl (C=O) groups is 1. The lowest BCUT2D eigenvalue weighted by Crippen LogP contribution is -2.49.